The summed E-state index contributed by atoms with van der Waals surface area (Å²) in [6.07, 6.45) is 1.64. The van der Waals surface area contributed by atoms with Gasteiger partial charge in [0.1, 0.15) is 16.3 Å². The van der Waals surface area contributed by atoms with Gasteiger partial charge in [-0.25, -0.2) is 4.79 Å². The maximum Gasteiger partial charge on any atom is 0.341 e. The molecular formula is C40H37N3O5S2. The van der Waals surface area contributed by atoms with Crippen LogP contribution in [0.2, 0.25) is 0 Å². The third-order valence-corrected chi connectivity index (χ3v) is 9.40. The Hall–Kier alpha value is -5.45. The molecule has 5 rings (SSSR count). The first-order valence-electron chi connectivity index (χ1n) is 16.1. The van der Waals surface area contributed by atoms with Crippen LogP contribution in [0.25, 0.3) is 17.2 Å². The van der Waals surface area contributed by atoms with Gasteiger partial charge in [-0.2, -0.15) is 0 Å². The molecule has 1 aromatic heterocycles. The van der Waals surface area contributed by atoms with Crippen molar-refractivity contribution in [1.82, 2.24) is 5.32 Å². The Morgan fingerprint density at radius 2 is 1.54 bits per heavy atom. The van der Waals surface area contributed by atoms with Crippen molar-refractivity contribution in [1.29, 1.82) is 0 Å². The number of carbonyl (C=O) groups is 4. The minimum absolute atomic E-state index is 0.0584. The molecule has 0 fully saturated rings. The van der Waals surface area contributed by atoms with Crippen LogP contribution in [-0.2, 0) is 14.3 Å². The van der Waals surface area contributed by atoms with Gasteiger partial charge < -0.3 is 20.7 Å². The number of hydrogen-bond donors (Lipinski definition) is 3. The molecular weight excluding hydrogens is 667 g/mol. The fraction of sp³-hybridized carbons (Fsp3) is 0.150. The molecule has 0 aliphatic carbocycles. The number of thiophene rings is 1. The summed E-state index contributed by atoms with van der Waals surface area (Å²) in [5.41, 5.74) is 4.79. The number of benzene rings is 4. The number of nitrogens with one attached hydrogen (secondary N) is 3. The number of hydrogen-bond acceptors (Lipinski definition) is 7. The van der Waals surface area contributed by atoms with Crippen molar-refractivity contribution >= 4 is 63.6 Å². The zero-order valence-corrected chi connectivity index (χ0v) is 29.5. The van der Waals surface area contributed by atoms with Crippen molar-refractivity contribution in [3.8, 4) is 11.1 Å². The Balaban J connectivity index is 1.28. The Bertz CT molecular complexity index is 1990. The van der Waals surface area contributed by atoms with Crippen molar-refractivity contribution in [3.05, 3.63) is 143 Å². The lowest BCUT2D eigenvalue weighted by molar-refractivity contribution is -0.114. The number of ether oxygens (including phenoxy) is 1. The molecule has 0 aliphatic heterocycles. The van der Waals surface area contributed by atoms with Gasteiger partial charge in [-0.1, -0.05) is 92.7 Å². The highest BCUT2D eigenvalue weighted by Crippen LogP contribution is 2.36. The molecule has 4 aromatic carbocycles. The molecule has 0 atom stereocenters. The standard InChI is InChI=1S/C40H37N3O5S2/c1-4-48-40(47)36-33(29-12-7-5-8-13-29)24-50-39(36)43-35(44)25-49-32-17-11-16-31(23-32)41-38(46)34(42-37(45)30-14-9-6-10-15-30)22-27-18-20-28(21-19-27)26(2)3/h5-24,26H,4,25H2,1-3H3,(H,41,46)(H,42,45)(H,43,44)/b34-22+. The van der Waals surface area contributed by atoms with Gasteiger partial charge in [0.2, 0.25) is 5.91 Å². The first kappa shape index (κ1) is 35.8. The van der Waals surface area contributed by atoms with Crippen LogP contribution < -0.4 is 16.0 Å². The molecule has 0 aliphatic rings. The number of rotatable bonds is 13. The van der Waals surface area contributed by atoms with Crippen molar-refractivity contribution < 1.29 is 23.9 Å². The Kier molecular flexibility index (Phi) is 12.4. The topological polar surface area (TPSA) is 114 Å². The van der Waals surface area contributed by atoms with E-state index < -0.39 is 17.8 Å². The number of anilines is 2. The Labute approximate surface area is 300 Å². The molecule has 8 nitrogen and oxygen atoms in total. The zero-order valence-electron chi connectivity index (χ0n) is 27.9. The van der Waals surface area contributed by atoms with E-state index in [9.17, 15) is 19.2 Å². The minimum atomic E-state index is -0.500. The molecule has 3 N–H and O–H groups in total. The van der Waals surface area contributed by atoms with Gasteiger partial charge in [0, 0.05) is 27.1 Å². The molecule has 0 radical (unpaired) electrons. The van der Waals surface area contributed by atoms with Gasteiger partial charge >= 0.3 is 5.97 Å². The molecule has 1 heterocycles. The van der Waals surface area contributed by atoms with E-state index in [1.54, 1.807) is 55.5 Å². The van der Waals surface area contributed by atoms with Crippen LogP contribution in [0.15, 0.2) is 125 Å². The summed E-state index contributed by atoms with van der Waals surface area (Å²) in [7, 11) is 0. The second-order valence-corrected chi connectivity index (χ2v) is 13.4. The smallest absolute Gasteiger partial charge is 0.341 e. The van der Waals surface area contributed by atoms with Gasteiger partial charge in [-0.3, -0.25) is 14.4 Å². The van der Waals surface area contributed by atoms with Crippen molar-refractivity contribution in [2.75, 3.05) is 23.0 Å². The highest BCUT2D eigenvalue weighted by atomic mass is 32.2. The summed E-state index contributed by atoms with van der Waals surface area (Å²) in [6.45, 7) is 6.16. The average Bonchev–Trinajstić information content (AvgIpc) is 3.55. The average molecular weight is 704 g/mol. The van der Waals surface area contributed by atoms with Crippen LogP contribution in [0.1, 0.15) is 58.5 Å². The van der Waals surface area contributed by atoms with E-state index in [2.05, 4.69) is 29.8 Å². The lowest BCUT2D eigenvalue weighted by atomic mass is 10.0. The maximum atomic E-state index is 13.6. The first-order chi connectivity index (χ1) is 24.2. The summed E-state index contributed by atoms with van der Waals surface area (Å²) in [6, 6.07) is 33.1. The molecule has 3 amide bonds. The molecule has 5 aromatic rings. The van der Waals surface area contributed by atoms with Gasteiger partial charge in [-0.15, -0.1) is 23.1 Å². The van der Waals surface area contributed by atoms with E-state index in [1.807, 2.05) is 72.1 Å². The quantitative estimate of drug-likeness (QED) is 0.0642. The van der Waals surface area contributed by atoms with Crippen molar-refractivity contribution in [2.45, 2.75) is 31.6 Å². The van der Waals surface area contributed by atoms with Gasteiger partial charge in [-0.05, 0) is 65.9 Å². The fourth-order valence-electron chi connectivity index (χ4n) is 4.95. The molecule has 0 bridgehead atoms. The lowest BCUT2D eigenvalue weighted by Gasteiger charge is -2.13. The largest absolute Gasteiger partial charge is 0.462 e. The van der Waals surface area contributed by atoms with E-state index >= 15 is 0 Å². The minimum Gasteiger partial charge on any atom is -0.462 e. The second-order valence-electron chi connectivity index (χ2n) is 11.5. The second kappa shape index (κ2) is 17.3. The summed E-state index contributed by atoms with van der Waals surface area (Å²) in [5, 5.41) is 10.8. The van der Waals surface area contributed by atoms with Gasteiger partial charge in [0.15, 0.2) is 0 Å². The first-order valence-corrected chi connectivity index (χ1v) is 17.9. The van der Waals surface area contributed by atoms with E-state index in [4.69, 9.17) is 4.74 Å². The van der Waals surface area contributed by atoms with Crippen LogP contribution in [0.3, 0.4) is 0 Å². The van der Waals surface area contributed by atoms with E-state index in [-0.39, 0.29) is 24.0 Å². The third kappa shape index (κ3) is 9.58. The van der Waals surface area contributed by atoms with Crippen LogP contribution in [0, 0.1) is 0 Å². The normalized spacial score (nSPS) is 11.2. The third-order valence-electron chi connectivity index (χ3n) is 7.51. The maximum absolute atomic E-state index is 13.6. The summed E-state index contributed by atoms with van der Waals surface area (Å²) >= 11 is 2.55. The fourth-order valence-corrected chi connectivity index (χ4v) is 6.67. The molecule has 0 saturated carbocycles. The number of thioether (sulfide) groups is 1. The molecule has 0 saturated heterocycles. The predicted octanol–water partition coefficient (Wildman–Crippen LogP) is 8.86. The summed E-state index contributed by atoms with van der Waals surface area (Å²) < 4.78 is 5.30. The predicted molar refractivity (Wildman–Crippen MR) is 203 cm³/mol. The highest BCUT2D eigenvalue weighted by molar-refractivity contribution is 8.00. The molecule has 10 heteroatoms. The molecule has 50 heavy (non-hydrogen) atoms. The van der Waals surface area contributed by atoms with Crippen LogP contribution >= 0.6 is 23.1 Å². The van der Waals surface area contributed by atoms with E-state index in [1.165, 1.54) is 23.1 Å². The SMILES string of the molecule is CCOC(=O)c1c(-c2ccccc2)csc1NC(=O)CSc1cccc(NC(=O)/C(=C\c2ccc(C(C)C)cc2)NC(=O)c2ccccc2)c1. The Morgan fingerprint density at radius 1 is 0.840 bits per heavy atom. The van der Waals surface area contributed by atoms with Gasteiger partial charge in [0.25, 0.3) is 11.8 Å². The van der Waals surface area contributed by atoms with E-state index in [0.717, 1.165) is 21.6 Å². The van der Waals surface area contributed by atoms with Crippen LogP contribution in [-0.4, -0.2) is 36.1 Å². The molecule has 0 unspecified atom stereocenters. The van der Waals surface area contributed by atoms with Crippen LogP contribution in [0.5, 0.6) is 0 Å². The molecule has 254 valence electrons. The Morgan fingerprint density at radius 3 is 2.22 bits per heavy atom. The number of amides is 3. The van der Waals surface area contributed by atoms with E-state index in [0.29, 0.717) is 33.3 Å². The zero-order chi connectivity index (χ0) is 35.5. The lowest BCUT2D eigenvalue weighted by Crippen LogP contribution is -2.30. The van der Waals surface area contributed by atoms with Crippen molar-refractivity contribution in [2.24, 2.45) is 0 Å². The summed E-state index contributed by atoms with van der Waals surface area (Å²) in [5.74, 6) is -1.29. The number of carbonyl (C=O) groups excluding carboxylic acids is 4. The number of esters is 1. The monoisotopic (exact) mass is 703 g/mol. The van der Waals surface area contributed by atoms with Gasteiger partial charge in [0.05, 0.1) is 12.4 Å². The highest BCUT2D eigenvalue weighted by Gasteiger charge is 2.23. The van der Waals surface area contributed by atoms with Crippen LogP contribution in [0.4, 0.5) is 10.7 Å². The van der Waals surface area contributed by atoms with Crippen molar-refractivity contribution in [3.63, 3.8) is 0 Å². The molecule has 0 spiro atoms. The summed E-state index contributed by atoms with van der Waals surface area (Å²) in [4.78, 5) is 53.3.